The van der Waals surface area contributed by atoms with Crippen molar-refractivity contribution in [2.24, 2.45) is 5.73 Å². The van der Waals surface area contributed by atoms with E-state index in [1.165, 1.54) is 0 Å². The van der Waals surface area contributed by atoms with Crippen molar-refractivity contribution in [2.45, 2.75) is 32.1 Å². The maximum atomic E-state index is 12.0. The number of rotatable bonds is 6. The normalized spacial score (nSPS) is 13.8. The zero-order chi connectivity index (χ0) is 15.5. The molecule has 1 aromatic heterocycles. The summed E-state index contributed by atoms with van der Waals surface area (Å²) in [5.41, 5.74) is 7.62. The summed E-state index contributed by atoms with van der Waals surface area (Å²) < 4.78 is 42.5. The van der Waals surface area contributed by atoms with Crippen molar-refractivity contribution in [1.29, 1.82) is 0 Å². The molecule has 0 aliphatic carbocycles. The molecule has 4 nitrogen and oxygen atoms in total. The Bertz CT molecular complexity index is 595. The summed E-state index contributed by atoms with van der Waals surface area (Å²) in [6, 6.07) is 7.20. The van der Waals surface area contributed by atoms with Crippen LogP contribution >= 0.6 is 0 Å². The molecule has 7 heteroatoms. The Hall–Kier alpha value is -1.60. The Morgan fingerprint density at radius 1 is 1.33 bits per heavy atom. The van der Waals surface area contributed by atoms with Gasteiger partial charge in [0.1, 0.15) is 6.61 Å². The highest BCUT2D eigenvalue weighted by atomic mass is 19.4. The van der Waals surface area contributed by atoms with E-state index in [0.717, 1.165) is 23.1 Å². The van der Waals surface area contributed by atoms with Crippen LogP contribution in [0, 0.1) is 0 Å². The second-order valence-electron chi connectivity index (χ2n) is 4.87. The van der Waals surface area contributed by atoms with E-state index in [-0.39, 0.29) is 6.61 Å². The van der Waals surface area contributed by atoms with Crippen molar-refractivity contribution in [3.05, 3.63) is 30.0 Å². The first-order chi connectivity index (χ1) is 9.90. The zero-order valence-electron chi connectivity index (χ0n) is 11.7. The molecule has 21 heavy (non-hydrogen) atoms. The number of aromatic nitrogens is 2. The standard InChI is InChI=1S/C14H18F3N3O/c1-2-20-13-6-4-3-5-11(13)12(19-20)7-10(18)8-21-9-14(15,16)17/h3-6,10H,2,7-9,18H2,1H3. The number of alkyl halides is 3. The van der Waals surface area contributed by atoms with Crippen LogP contribution in [0.4, 0.5) is 13.2 Å². The number of para-hydroxylation sites is 1. The minimum atomic E-state index is -4.32. The van der Waals surface area contributed by atoms with Gasteiger partial charge in [-0.2, -0.15) is 18.3 Å². The van der Waals surface area contributed by atoms with Crippen LogP contribution < -0.4 is 5.73 Å². The maximum Gasteiger partial charge on any atom is 0.411 e. The van der Waals surface area contributed by atoms with Gasteiger partial charge >= 0.3 is 6.18 Å². The first-order valence-corrected chi connectivity index (χ1v) is 6.75. The maximum absolute atomic E-state index is 12.0. The van der Waals surface area contributed by atoms with Crippen LogP contribution in [-0.4, -0.2) is 35.2 Å². The van der Waals surface area contributed by atoms with Crippen LogP contribution in [-0.2, 0) is 17.7 Å². The summed E-state index contributed by atoms with van der Waals surface area (Å²) in [5, 5.41) is 5.44. The van der Waals surface area contributed by atoms with Gasteiger partial charge in [0, 0.05) is 24.4 Å². The Morgan fingerprint density at radius 2 is 2.05 bits per heavy atom. The lowest BCUT2D eigenvalue weighted by Crippen LogP contribution is -2.31. The van der Waals surface area contributed by atoms with Crippen LogP contribution in [0.1, 0.15) is 12.6 Å². The SMILES string of the molecule is CCn1nc(CC(N)COCC(F)(F)F)c2ccccc21. The van der Waals surface area contributed by atoms with Gasteiger partial charge < -0.3 is 10.5 Å². The molecule has 116 valence electrons. The van der Waals surface area contributed by atoms with Crippen molar-refractivity contribution < 1.29 is 17.9 Å². The number of nitrogens with two attached hydrogens (primary N) is 1. The molecule has 1 unspecified atom stereocenters. The molecule has 2 N–H and O–H groups in total. The van der Waals surface area contributed by atoms with Gasteiger partial charge in [0.2, 0.25) is 0 Å². The second-order valence-corrected chi connectivity index (χ2v) is 4.87. The number of hydrogen-bond donors (Lipinski definition) is 1. The molecule has 1 atom stereocenters. The zero-order valence-corrected chi connectivity index (χ0v) is 11.7. The first-order valence-electron chi connectivity index (χ1n) is 6.75. The van der Waals surface area contributed by atoms with E-state index in [0.29, 0.717) is 6.42 Å². The Morgan fingerprint density at radius 3 is 2.71 bits per heavy atom. The highest BCUT2D eigenvalue weighted by Gasteiger charge is 2.27. The molecule has 0 aliphatic heterocycles. The van der Waals surface area contributed by atoms with Gasteiger partial charge in [-0.25, -0.2) is 0 Å². The molecule has 0 spiro atoms. The summed E-state index contributed by atoms with van der Waals surface area (Å²) in [7, 11) is 0. The summed E-state index contributed by atoms with van der Waals surface area (Å²) in [4.78, 5) is 0. The smallest absolute Gasteiger partial charge is 0.370 e. The highest BCUT2D eigenvalue weighted by molar-refractivity contribution is 5.82. The lowest BCUT2D eigenvalue weighted by Gasteiger charge is -2.12. The average Bonchev–Trinajstić information content (AvgIpc) is 2.76. The molecular formula is C14H18F3N3O. The lowest BCUT2D eigenvalue weighted by atomic mass is 10.1. The van der Waals surface area contributed by atoms with Gasteiger partial charge in [-0.15, -0.1) is 0 Å². The predicted octanol–water partition coefficient (Wildman–Crippen LogP) is 2.50. The third-order valence-electron chi connectivity index (χ3n) is 3.09. The fourth-order valence-electron chi connectivity index (χ4n) is 2.22. The van der Waals surface area contributed by atoms with Crippen molar-refractivity contribution >= 4 is 10.9 Å². The van der Waals surface area contributed by atoms with E-state index >= 15 is 0 Å². The number of aryl methyl sites for hydroxylation is 1. The average molecular weight is 301 g/mol. The van der Waals surface area contributed by atoms with E-state index in [4.69, 9.17) is 5.73 Å². The van der Waals surface area contributed by atoms with Crippen molar-refractivity contribution in [3.8, 4) is 0 Å². The Kier molecular flexibility index (Phi) is 4.84. The monoisotopic (exact) mass is 301 g/mol. The van der Waals surface area contributed by atoms with E-state index in [1.807, 2.05) is 35.9 Å². The molecular weight excluding hydrogens is 283 g/mol. The molecule has 0 aliphatic rings. The third-order valence-corrected chi connectivity index (χ3v) is 3.09. The van der Waals surface area contributed by atoms with Gasteiger partial charge in [0.15, 0.2) is 0 Å². The molecule has 0 amide bonds. The number of hydrogen-bond acceptors (Lipinski definition) is 3. The molecule has 1 aromatic carbocycles. The van der Waals surface area contributed by atoms with E-state index in [1.54, 1.807) is 0 Å². The largest absolute Gasteiger partial charge is 0.411 e. The van der Waals surface area contributed by atoms with Gasteiger partial charge in [0.25, 0.3) is 0 Å². The topological polar surface area (TPSA) is 53.1 Å². The Labute approximate surface area is 120 Å². The minimum absolute atomic E-state index is 0.146. The van der Waals surface area contributed by atoms with Gasteiger partial charge in [-0.1, -0.05) is 18.2 Å². The molecule has 0 saturated carbocycles. The summed E-state index contributed by atoms with van der Waals surface area (Å²) in [5.74, 6) is 0. The number of fused-ring (bicyclic) bond motifs is 1. The molecule has 0 bridgehead atoms. The third kappa shape index (κ3) is 4.18. The molecule has 2 rings (SSSR count). The summed E-state index contributed by atoms with van der Waals surface area (Å²) >= 11 is 0. The molecule has 0 radical (unpaired) electrons. The Balaban J connectivity index is 2.02. The number of halogens is 3. The van der Waals surface area contributed by atoms with E-state index < -0.39 is 18.8 Å². The van der Waals surface area contributed by atoms with E-state index in [2.05, 4.69) is 9.84 Å². The molecule has 1 heterocycles. The summed E-state index contributed by atoms with van der Waals surface area (Å²) in [6.07, 6.45) is -3.94. The highest BCUT2D eigenvalue weighted by Crippen LogP contribution is 2.20. The van der Waals surface area contributed by atoms with Crippen molar-refractivity contribution in [3.63, 3.8) is 0 Å². The number of benzene rings is 1. The minimum Gasteiger partial charge on any atom is -0.370 e. The van der Waals surface area contributed by atoms with E-state index in [9.17, 15) is 13.2 Å². The van der Waals surface area contributed by atoms with Crippen LogP contribution in [0.15, 0.2) is 24.3 Å². The molecule has 0 saturated heterocycles. The molecule has 0 fully saturated rings. The van der Waals surface area contributed by atoms with Crippen LogP contribution in [0.2, 0.25) is 0 Å². The fraction of sp³-hybridized carbons (Fsp3) is 0.500. The molecule has 2 aromatic rings. The second kappa shape index (κ2) is 6.44. The summed E-state index contributed by atoms with van der Waals surface area (Å²) in [6.45, 7) is 1.29. The first kappa shape index (κ1) is 15.8. The quantitative estimate of drug-likeness (QED) is 0.892. The van der Waals surface area contributed by atoms with Crippen LogP contribution in [0.25, 0.3) is 10.9 Å². The van der Waals surface area contributed by atoms with Gasteiger partial charge in [-0.3, -0.25) is 4.68 Å². The van der Waals surface area contributed by atoms with Crippen LogP contribution in [0.3, 0.4) is 0 Å². The lowest BCUT2D eigenvalue weighted by molar-refractivity contribution is -0.174. The number of nitrogens with zero attached hydrogens (tertiary/aromatic N) is 2. The van der Waals surface area contributed by atoms with Gasteiger partial charge in [-0.05, 0) is 13.0 Å². The van der Waals surface area contributed by atoms with Crippen molar-refractivity contribution in [1.82, 2.24) is 9.78 Å². The van der Waals surface area contributed by atoms with Crippen molar-refractivity contribution in [2.75, 3.05) is 13.2 Å². The predicted molar refractivity (Wildman–Crippen MR) is 74.0 cm³/mol. The number of ether oxygens (including phenoxy) is 1. The van der Waals surface area contributed by atoms with Gasteiger partial charge in [0.05, 0.1) is 17.8 Å². The fourth-order valence-corrected chi connectivity index (χ4v) is 2.22. The van der Waals surface area contributed by atoms with Crippen LogP contribution in [0.5, 0.6) is 0 Å².